The van der Waals surface area contributed by atoms with E-state index in [4.69, 9.17) is 23.2 Å². The predicted octanol–water partition coefficient (Wildman–Crippen LogP) is 4.49. The van der Waals surface area contributed by atoms with Crippen molar-refractivity contribution in [1.82, 2.24) is 15.1 Å². The van der Waals surface area contributed by atoms with Gasteiger partial charge in [0.15, 0.2) is 0 Å². The van der Waals surface area contributed by atoms with Gasteiger partial charge in [-0.15, -0.1) is 0 Å². The summed E-state index contributed by atoms with van der Waals surface area (Å²) in [6.07, 6.45) is 8.86. The van der Waals surface area contributed by atoms with E-state index in [2.05, 4.69) is 28.4 Å². The second-order valence-electron chi connectivity index (χ2n) is 6.83. The average Bonchev–Trinajstić information content (AvgIpc) is 2.62. The number of rotatable bonds is 6. The molecule has 0 saturated carbocycles. The van der Waals surface area contributed by atoms with Crippen molar-refractivity contribution in [2.45, 2.75) is 32.4 Å². The van der Waals surface area contributed by atoms with Crippen molar-refractivity contribution in [2.75, 3.05) is 26.2 Å². The van der Waals surface area contributed by atoms with Gasteiger partial charge in [-0.25, -0.2) is 4.79 Å². The number of benzene rings is 1. The molecule has 0 spiro atoms. The fourth-order valence-electron chi connectivity index (χ4n) is 3.44. The minimum absolute atomic E-state index is 0.0250. The SMILES string of the molecule is CCN(C(=O)NCc1ccc(Cl)c(Cl)c1)C1CN(CC2=CC=CCC2)C1. The summed E-state index contributed by atoms with van der Waals surface area (Å²) in [5.74, 6) is 0. The van der Waals surface area contributed by atoms with Gasteiger partial charge in [-0.05, 0) is 37.5 Å². The fourth-order valence-corrected chi connectivity index (χ4v) is 3.76. The first kappa shape index (κ1) is 19.3. The van der Waals surface area contributed by atoms with Gasteiger partial charge in [0.2, 0.25) is 0 Å². The molecule has 140 valence electrons. The van der Waals surface area contributed by atoms with Crippen LogP contribution in [0.4, 0.5) is 4.79 Å². The van der Waals surface area contributed by atoms with Gasteiger partial charge < -0.3 is 10.2 Å². The second-order valence-corrected chi connectivity index (χ2v) is 7.65. The Morgan fingerprint density at radius 2 is 2.12 bits per heavy atom. The number of carbonyl (C=O) groups excluding carboxylic acids is 1. The molecule has 1 fully saturated rings. The Morgan fingerprint density at radius 1 is 1.31 bits per heavy atom. The number of hydrogen-bond acceptors (Lipinski definition) is 2. The highest BCUT2D eigenvalue weighted by atomic mass is 35.5. The molecule has 4 nitrogen and oxygen atoms in total. The number of allylic oxidation sites excluding steroid dienone is 3. The fraction of sp³-hybridized carbons (Fsp3) is 0.450. The highest BCUT2D eigenvalue weighted by Crippen LogP contribution is 2.23. The lowest BCUT2D eigenvalue weighted by atomic mass is 10.0. The highest BCUT2D eigenvalue weighted by Gasteiger charge is 2.33. The number of urea groups is 1. The van der Waals surface area contributed by atoms with E-state index in [0.717, 1.165) is 38.0 Å². The molecule has 0 radical (unpaired) electrons. The Kier molecular flexibility index (Phi) is 6.63. The zero-order chi connectivity index (χ0) is 18.5. The van der Waals surface area contributed by atoms with Crippen LogP contribution in [0, 0.1) is 0 Å². The van der Waals surface area contributed by atoms with Crippen LogP contribution in [-0.4, -0.2) is 48.1 Å². The maximum absolute atomic E-state index is 12.5. The molecule has 1 aromatic rings. The monoisotopic (exact) mass is 393 g/mol. The summed E-state index contributed by atoms with van der Waals surface area (Å²) >= 11 is 12.0. The molecule has 1 heterocycles. The number of amides is 2. The van der Waals surface area contributed by atoms with Crippen LogP contribution in [-0.2, 0) is 6.54 Å². The van der Waals surface area contributed by atoms with Crippen molar-refractivity contribution in [2.24, 2.45) is 0 Å². The molecule has 1 aromatic carbocycles. The molecule has 2 aliphatic rings. The molecule has 1 aliphatic carbocycles. The molecule has 0 unspecified atom stereocenters. The van der Waals surface area contributed by atoms with Crippen molar-refractivity contribution < 1.29 is 4.79 Å². The summed E-state index contributed by atoms with van der Waals surface area (Å²) in [7, 11) is 0. The average molecular weight is 394 g/mol. The molecule has 0 bridgehead atoms. The Hall–Kier alpha value is -1.49. The summed E-state index contributed by atoms with van der Waals surface area (Å²) in [5, 5.41) is 4.02. The molecule has 3 rings (SSSR count). The maximum Gasteiger partial charge on any atom is 0.317 e. The van der Waals surface area contributed by atoms with Crippen LogP contribution in [0.25, 0.3) is 0 Å². The van der Waals surface area contributed by atoms with E-state index in [9.17, 15) is 4.79 Å². The number of nitrogens with zero attached hydrogens (tertiary/aromatic N) is 2. The third-order valence-corrected chi connectivity index (χ3v) is 5.67. The van der Waals surface area contributed by atoms with Crippen molar-refractivity contribution >= 4 is 29.2 Å². The third kappa shape index (κ3) is 4.81. The van der Waals surface area contributed by atoms with E-state index in [-0.39, 0.29) is 12.1 Å². The number of nitrogens with one attached hydrogen (secondary N) is 1. The predicted molar refractivity (Wildman–Crippen MR) is 108 cm³/mol. The molecular weight excluding hydrogens is 369 g/mol. The van der Waals surface area contributed by atoms with Crippen LogP contribution in [0.1, 0.15) is 25.3 Å². The van der Waals surface area contributed by atoms with Gasteiger partial charge in [0.25, 0.3) is 0 Å². The van der Waals surface area contributed by atoms with Crippen molar-refractivity contribution in [3.8, 4) is 0 Å². The number of carbonyl (C=O) groups is 1. The van der Waals surface area contributed by atoms with Crippen molar-refractivity contribution in [1.29, 1.82) is 0 Å². The van der Waals surface area contributed by atoms with Gasteiger partial charge in [-0.2, -0.15) is 0 Å². The summed E-state index contributed by atoms with van der Waals surface area (Å²) < 4.78 is 0. The van der Waals surface area contributed by atoms with E-state index in [1.54, 1.807) is 12.1 Å². The van der Waals surface area contributed by atoms with Gasteiger partial charge in [0.1, 0.15) is 0 Å². The number of likely N-dealkylation sites (N-methyl/N-ethyl adjacent to an activating group) is 1. The number of likely N-dealkylation sites (tertiary alicyclic amines) is 1. The lowest BCUT2D eigenvalue weighted by molar-refractivity contribution is 0.0624. The number of hydrogen-bond donors (Lipinski definition) is 1. The Balaban J connectivity index is 1.46. The molecule has 26 heavy (non-hydrogen) atoms. The first-order valence-electron chi connectivity index (χ1n) is 9.12. The Labute approximate surface area is 165 Å². The van der Waals surface area contributed by atoms with Crippen molar-refractivity contribution in [3.05, 3.63) is 57.6 Å². The summed E-state index contributed by atoms with van der Waals surface area (Å²) in [4.78, 5) is 16.9. The summed E-state index contributed by atoms with van der Waals surface area (Å²) in [5.41, 5.74) is 2.43. The summed E-state index contributed by atoms with van der Waals surface area (Å²) in [6.45, 7) is 6.07. The second kappa shape index (κ2) is 8.94. The first-order valence-corrected chi connectivity index (χ1v) is 9.87. The third-order valence-electron chi connectivity index (χ3n) is 4.93. The van der Waals surface area contributed by atoms with Crippen LogP contribution in [0.3, 0.4) is 0 Å². The zero-order valence-electron chi connectivity index (χ0n) is 15.0. The minimum Gasteiger partial charge on any atom is -0.334 e. The van der Waals surface area contributed by atoms with Crippen LogP contribution in [0.5, 0.6) is 0 Å². The van der Waals surface area contributed by atoms with E-state index in [1.807, 2.05) is 17.9 Å². The van der Waals surface area contributed by atoms with E-state index in [0.29, 0.717) is 23.1 Å². The van der Waals surface area contributed by atoms with E-state index in [1.165, 1.54) is 5.57 Å². The lowest BCUT2D eigenvalue weighted by Crippen LogP contribution is -2.62. The van der Waals surface area contributed by atoms with Crippen LogP contribution in [0.15, 0.2) is 42.0 Å². The minimum atomic E-state index is -0.0250. The molecule has 0 aromatic heterocycles. The van der Waals surface area contributed by atoms with E-state index >= 15 is 0 Å². The zero-order valence-corrected chi connectivity index (χ0v) is 16.6. The maximum atomic E-state index is 12.5. The van der Waals surface area contributed by atoms with E-state index < -0.39 is 0 Å². The van der Waals surface area contributed by atoms with Gasteiger partial charge >= 0.3 is 6.03 Å². The Bertz CT molecular complexity index is 711. The molecule has 0 atom stereocenters. The molecule has 1 saturated heterocycles. The quantitative estimate of drug-likeness (QED) is 0.772. The molecular formula is C20H25Cl2N3O. The summed E-state index contributed by atoms with van der Waals surface area (Å²) in [6, 6.07) is 5.68. The van der Waals surface area contributed by atoms with Crippen molar-refractivity contribution in [3.63, 3.8) is 0 Å². The molecule has 1 N–H and O–H groups in total. The van der Waals surface area contributed by atoms with Crippen LogP contribution in [0.2, 0.25) is 10.0 Å². The van der Waals surface area contributed by atoms with Gasteiger partial charge in [-0.3, -0.25) is 4.90 Å². The Morgan fingerprint density at radius 3 is 2.77 bits per heavy atom. The largest absolute Gasteiger partial charge is 0.334 e. The smallest absolute Gasteiger partial charge is 0.317 e. The topological polar surface area (TPSA) is 35.6 Å². The van der Waals surface area contributed by atoms with Gasteiger partial charge in [0, 0.05) is 32.7 Å². The van der Waals surface area contributed by atoms with Gasteiger partial charge in [-0.1, -0.05) is 53.1 Å². The highest BCUT2D eigenvalue weighted by molar-refractivity contribution is 6.42. The molecule has 2 amide bonds. The number of halogens is 2. The van der Waals surface area contributed by atoms with Crippen LogP contribution >= 0.6 is 23.2 Å². The molecule has 1 aliphatic heterocycles. The first-order chi connectivity index (χ1) is 12.6. The molecule has 6 heteroatoms. The lowest BCUT2D eigenvalue weighted by Gasteiger charge is -2.45. The van der Waals surface area contributed by atoms with Crippen LogP contribution < -0.4 is 5.32 Å². The normalized spacial score (nSPS) is 17.6. The standard InChI is InChI=1S/C20H25Cl2N3O/c1-2-25(17-13-24(14-17)12-15-6-4-3-5-7-15)20(26)23-11-16-8-9-18(21)19(22)10-16/h3-4,6,8-10,17H,2,5,7,11-14H2,1H3,(H,23,26). The van der Waals surface area contributed by atoms with Gasteiger partial charge in [0.05, 0.1) is 16.1 Å².